The molecule has 0 atom stereocenters. The van der Waals surface area contributed by atoms with Crippen molar-refractivity contribution in [1.29, 1.82) is 0 Å². The standard InChI is InChI=1S/C20H24N2O3S/c1-15-8-9-18(12-16(15)2)21-14-20(23)17-6-5-7-19(13-17)26(24,25)22-10-3-4-11-22/h5-9,12-13,21H,3-4,10-11,14H2,1-2H3. The van der Waals surface area contributed by atoms with Crippen molar-refractivity contribution in [2.75, 3.05) is 25.0 Å². The van der Waals surface area contributed by atoms with Crippen molar-refractivity contribution in [1.82, 2.24) is 4.31 Å². The number of rotatable bonds is 6. The summed E-state index contributed by atoms with van der Waals surface area (Å²) in [6.07, 6.45) is 1.77. The molecule has 0 spiro atoms. The highest BCUT2D eigenvalue weighted by Crippen LogP contribution is 2.22. The third-order valence-electron chi connectivity index (χ3n) is 4.82. The van der Waals surface area contributed by atoms with Gasteiger partial charge in [-0.3, -0.25) is 4.79 Å². The van der Waals surface area contributed by atoms with Crippen LogP contribution in [0.15, 0.2) is 47.4 Å². The van der Waals surface area contributed by atoms with E-state index < -0.39 is 10.0 Å². The van der Waals surface area contributed by atoms with Gasteiger partial charge in [-0.05, 0) is 62.1 Å². The van der Waals surface area contributed by atoms with E-state index in [9.17, 15) is 13.2 Å². The number of hydrogen-bond donors (Lipinski definition) is 1. The van der Waals surface area contributed by atoms with E-state index in [1.165, 1.54) is 15.9 Å². The summed E-state index contributed by atoms with van der Waals surface area (Å²) in [7, 11) is -3.51. The number of carbonyl (C=O) groups is 1. The average Bonchev–Trinajstić information content (AvgIpc) is 3.18. The fourth-order valence-electron chi connectivity index (χ4n) is 3.04. The molecule has 1 N–H and O–H groups in total. The molecule has 1 fully saturated rings. The lowest BCUT2D eigenvalue weighted by Crippen LogP contribution is -2.28. The molecular weight excluding hydrogens is 348 g/mol. The number of carbonyl (C=O) groups excluding carboxylic acids is 1. The second-order valence-corrected chi connectivity index (χ2v) is 8.65. The van der Waals surface area contributed by atoms with Crippen LogP contribution in [-0.4, -0.2) is 38.1 Å². The summed E-state index contributed by atoms with van der Waals surface area (Å²) in [5.74, 6) is -0.137. The first-order valence-electron chi connectivity index (χ1n) is 8.82. The minimum Gasteiger partial charge on any atom is -0.378 e. The number of nitrogens with one attached hydrogen (secondary N) is 1. The molecule has 2 aromatic carbocycles. The first-order chi connectivity index (χ1) is 12.4. The Kier molecular flexibility index (Phi) is 5.44. The van der Waals surface area contributed by atoms with Gasteiger partial charge in [0, 0.05) is 24.3 Å². The van der Waals surface area contributed by atoms with Crippen LogP contribution in [0.4, 0.5) is 5.69 Å². The molecule has 138 valence electrons. The van der Waals surface area contributed by atoms with E-state index >= 15 is 0 Å². The molecule has 0 aromatic heterocycles. The summed E-state index contributed by atoms with van der Waals surface area (Å²) in [5, 5.41) is 3.11. The van der Waals surface area contributed by atoms with Crippen LogP contribution in [0.1, 0.15) is 34.3 Å². The van der Waals surface area contributed by atoms with Crippen LogP contribution in [0.25, 0.3) is 0 Å². The second-order valence-electron chi connectivity index (χ2n) is 6.71. The average molecular weight is 372 g/mol. The third kappa shape index (κ3) is 3.97. The number of aryl methyl sites for hydroxylation is 2. The molecular formula is C20H24N2O3S. The van der Waals surface area contributed by atoms with E-state index in [0.717, 1.165) is 24.1 Å². The third-order valence-corrected chi connectivity index (χ3v) is 6.71. The minimum atomic E-state index is -3.51. The number of ketones is 1. The van der Waals surface area contributed by atoms with Crippen molar-refractivity contribution in [3.05, 3.63) is 59.2 Å². The van der Waals surface area contributed by atoms with E-state index in [4.69, 9.17) is 0 Å². The topological polar surface area (TPSA) is 66.5 Å². The first-order valence-corrected chi connectivity index (χ1v) is 10.3. The second kappa shape index (κ2) is 7.60. The van der Waals surface area contributed by atoms with Gasteiger partial charge in [0.2, 0.25) is 10.0 Å². The SMILES string of the molecule is Cc1ccc(NCC(=O)c2cccc(S(=O)(=O)N3CCCC3)c2)cc1C. The Morgan fingerprint density at radius 3 is 2.46 bits per heavy atom. The van der Waals surface area contributed by atoms with Crippen LogP contribution in [-0.2, 0) is 10.0 Å². The Labute approximate surface area is 155 Å². The fraction of sp³-hybridized carbons (Fsp3) is 0.350. The molecule has 26 heavy (non-hydrogen) atoms. The molecule has 0 radical (unpaired) electrons. The number of sulfonamides is 1. The van der Waals surface area contributed by atoms with Gasteiger partial charge in [0.1, 0.15) is 0 Å². The Hall–Kier alpha value is -2.18. The summed E-state index contributed by atoms with van der Waals surface area (Å²) in [5.41, 5.74) is 3.63. The molecule has 0 unspecified atom stereocenters. The quantitative estimate of drug-likeness (QED) is 0.790. The first kappa shape index (κ1) is 18.6. The maximum absolute atomic E-state index is 12.7. The summed E-state index contributed by atoms with van der Waals surface area (Å²) in [4.78, 5) is 12.7. The van der Waals surface area contributed by atoms with Gasteiger partial charge in [-0.25, -0.2) is 8.42 Å². The predicted molar refractivity (Wildman–Crippen MR) is 103 cm³/mol. The minimum absolute atomic E-state index is 0.121. The van der Waals surface area contributed by atoms with Gasteiger partial charge in [-0.15, -0.1) is 0 Å². The lowest BCUT2D eigenvalue weighted by Gasteiger charge is -2.16. The normalized spacial score (nSPS) is 15.2. The van der Waals surface area contributed by atoms with Crippen LogP contribution in [0.2, 0.25) is 0 Å². The monoisotopic (exact) mass is 372 g/mol. The molecule has 1 aliphatic rings. The van der Waals surface area contributed by atoms with Crippen LogP contribution >= 0.6 is 0 Å². The summed E-state index contributed by atoms with van der Waals surface area (Å²) in [6.45, 7) is 5.28. The van der Waals surface area contributed by atoms with E-state index in [1.54, 1.807) is 18.2 Å². The van der Waals surface area contributed by atoms with Gasteiger partial charge in [-0.1, -0.05) is 18.2 Å². The predicted octanol–water partition coefficient (Wildman–Crippen LogP) is 3.38. The van der Waals surface area contributed by atoms with Gasteiger partial charge < -0.3 is 5.32 Å². The molecule has 3 rings (SSSR count). The molecule has 6 heteroatoms. The molecule has 0 amide bonds. The van der Waals surface area contributed by atoms with Crippen molar-refractivity contribution >= 4 is 21.5 Å². The number of anilines is 1. The van der Waals surface area contributed by atoms with Crippen molar-refractivity contribution in [2.45, 2.75) is 31.6 Å². The smallest absolute Gasteiger partial charge is 0.243 e. The van der Waals surface area contributed by atoms with Crippen molar-refractivity contribution in [3.63, 3.8) is 0 Å². The fourth-order valence-corrected chi connectivity index (χ4v) is 4.61. The van der Waals surface area contributed by atoms with Crippen molar-refractivity contribution in [2.24, 2.45) is 0 Å². The molecule has 2 aromatic rings. The van der Waals surface area contributed by atoms with Crippen LogP contribution < -0.4 is 5.32 Å². The zero-order valence-electron chi connectivity index (χ0n) is 15.2. The highest BCUT2D eigenvalue weighted by Gasteiger charge is 2.27. The van der Waals surface area contributed by atoms with E-state index in [-0.39, 0.29) is 17.2 Å². The van der Waals surface area contributed by atoms with E-state index in [2.05, 4.69) is 5.32 Å². The largest absolute Gasteiger partial charge is 0.378 e. The maximum Gasteiger partial charge on any atom is 0.243 e. The number of Topliss-reactive ketones (excluding diaryl/α,β-unsaturated/α-hetero) is 1. The Balaban J connectivity index is 1.72. The highest BCUT2D eigenvalue weighted by atomic mass is 32.2. The maximum atomic E-state index is 12.7. The number of hydrogen-bond acceptors (Lipinski definition) is 4. The number of nitrogens with zero attached hydrogens (tertiary/aromatic N) is 1. The summed E-state index contributed by atoms with van der Waals surface area (Å²) >= 11 is 0. The van der Waals surface area contributed by atoms with Crippen LogP contribution in [0, 0.1) is 13.8 Å². The zero-order valence-corrected chi connectivity index (χ0v) is 16.0. The lowest BCUT2D eigenvalue weighted by atomic mass is 10.1. The van der Waals surface area contributed by atoms with Gasteiger partial charge in [0.25, 0.3) is 0 Å². The molecule has 1 saturated heterocycles. The van der Waals surface area contributed by atoms with Crippen LogP contribution in [0.3, 0.4) is 0 Å². The molecule has 1 aliphatic heterocycles. The van der Waals surface area contributed by atoms with Crippen molar-refractivity contribution < 1.29 is 13.2 Å². The van der Waals surface area contributed by atoms with Crippen molar-refractivity contribution in [3.8, 4) is 0 Å². The Morgan fingerprint density at radius 1 is 1.04 bits per heavy atom. The molecule has 1 heterocycles. The summed E-state index contributed by atoms with van der Waals surface area (Å²) < 4.78 is 26.8. The van der Waals surface area contributed by atoms with E-state index in [0.29, 0.717) is 18.7 Å². The van der Waals surface area contributed by atoms with E-state index in [1.807, 2.05) is 32.0 Å². The van der Waals surface area contributed by atoms with Crippen LogP contribution in [0.5, 0.6) is 0 Å². The molecule has 5 nitrogen and oxygen atoms in total. The highest BCUT2D eigenvalue weighted by molar-refractivity contribution is 7.89. The molecule has 0 saturated carbocycles. The lowest BCUT2D eigenvalue weighted by molar-refractivity contribution is 0.101. The summed E-state index contributed by atoms with van der Waals surface area (Å²) in [6, 6.07) is 12.3. The molecule has 0 aliphatic carbocycles. The van der Waals surface area contributed by atoms with Gasteiger partial charge in [0.15, 0.2) is 5.78 Å². The zero-order chi connectivity index (χ0) is 18.7. The Bertz CT molecular complexity index is 916. The van der Waals surface area contributed by atoms with Gasteiger partial charge in [0.05, 0.1) is 11.4 Å². The number of benzene rings is 2. The molecule has 0 bridgehead atoms. The Morgan fingerprint density at radius 2 is 1.77 bits per heavy atom. The van der Waals surface area contributed by atoms with Gasteiger partial charge >= 0.3 is 0 Å². The van der Waals surface area contributed by atoms with Gasteiger partial charge in [-0.2, -0.15) is 4.31 Å².